The van der Waals surface area contributed by atoms with E-state index in [0.29, 0.717) is 21.7 Å². The van der Waals surface area contributed by atoms with Crippen molar-refractivity contribution in [2.24, 2.45) is 0 Å². The van der Waals surface area contributed by atoms with Crippen molar-refractivity contribution in [2.45, 2.75) is 51.5 Å². The van der Waals surface area contributed by atoms with E-state index < -0.39 is 19.9 Å². The molecular weight excluding hydrogens is 632 g/mol. The maximum atomic E-state index is 12.9. The van der Waals surface area contributed by atoms with E-state index in [2.05, 4.69) is 59.4 Å². The average molecular weight is 673 g/mol. The molecule has 1 N–H and O–H groups in total. The summed E-state index contributed by atoms with van der Waals surface area (Å²) in [7, 11) is -2.22. The van der Waals surface area contributed by atoms with Gasteiger partial charge in [0, 0.05) is 94.1 Å². The molecule has 2 aliphatic rings. The Bertz CT molecular complexity index is 1790. The summed E-state index contributed by atoms with van der Waals surface area (Å²) in [6.07, 6.45) is -2.01. The van der Waals surface area contributed by atoms with Crippen LogP contribution in [0, 0.1) is 18.3 Å². The molecule has 2 fully saturated rings. The number of alkyl halides is 3. The molecule has 9 nitrogen and oxygen atoms in total. The number of nitrogens with zero attached hydrogens (tertiary/aromatic N) is 7. The van der Waals surface area contributed by atoms with Crippen molar-refractivity contribution in [1.29, 1.82) is 5.26 Å². The van der Waals surface area contributed by atoms with Gasteiger partial charge in [-0.25, -0.2) is 9.97 Å². The van der Waals surface area contributed by atoms with E-state index in [1.807, 2.05) is 19.4 Å². The molecular formula is C32H40F3N8OPS. The lowest BCUT2D eigenvalue weighted by Gasteiger charge is -2.36. The number of anilines is 1. The van der Waals surface area contributed by atoms with E-state index in [4.69, 9.17) is 0 Å². The fourth-order valence-electron chi connectivity index (χ4n) is 6.68. The van der Waals surface area contributed by atoms with Gasteiger partial charge >= 0.3 is 6.18 Å². The molecule has 5 heterocycles. The van der Waals surface area contributed by atoms with Gasteiger partial charge in [-0.15, -0.1) is 11.3 Å². The molecule has 0 radical (unpaired) electrons. The van der Waals surface area contributed by atoms with Crippen LogP contribution in [0.25, 0.3) is 21.1 Å². The fraction of sp³-hybridized carbons (Fsp3) is 0.531. The third kappa shape index (κ3) is 7.42. The van der Waals surface area contributed by atoms with Crippen LogP contribution in [-0.2, 0) is 24.1 Å². The van der Waals surface area contributed by atoms with Gasteiger partial charge in [-0.3, -0.25) is 14.5 Å². The van der Waals surface area contributed by atoms with Crippen LogP contribution < -0.4 is 5.32 Å². The second-order valence-electron chi connectivity index (χ2n) is 12.8. The number of hydrogen-bond acceptors (Lipinski definition) is 8. The van der Waals surface area contributed by atoms with Gasteiger partial charge in [0.25, 0.3) is 0 Å². The Morgan fingerprint density at radius 3 is 2.43 bits per heavy atom. The lowest BCUT2D eigenvalue weighted by Crippen LogP contribution is -2.45. The molecule has 246 valence electrons. The number of nitriles is 1. The molecule has 2 saturated heterocycles. The summed E-state index contributed by atoms with van der Waals surface area (Å²) in [4.78, 5) is 14.2. The quantitative estimate of drug-likeness (QED) is 0.212. The van der Waals surface area contributed by atoms with Crippen LogP contribution >= 0.6 is 18.6 Å². The summed E-state index contributed by atoms with van der Waals surface area (Å²) in [6.45, 7) is 13.3. The predicted octanol–water partition coefficient (Wildman–Crippen LogP) is 6.16. The van der Waals surface area contributed by atoms with E-state index in [1.54, 1.807) is 6.07 Å². The van der Waals surface area contributed by atoms with Crippen LogP contribution in [0.5, 0.6) is 0 Å². The Morgan fingerprint density at radius 1 is 1.02 bits per heavy atom. The first-order chi connectivity index (χ1) is 21.9. The molecule has 6 rings (SSSR count). The molecule has 0 atom stereocenters. The minimum Gasteiger partial charge on any atom is -0.367 e. The number of aromatic nitrogens is 3. The average Bonchev–Trinajstić information content (AvgIpc) is 3.58. The van der Waals surface area contributed by atoms with Crippen molar-refractivity contribution in [3.8, 4) is 6.07 Å². The van der Waals surface area contributed by atoms with Gasteiger partial charge in [0.05, 0.1) is 11.8 Å². The molecule has 0 amide bonds. The summed E-state index contributed by atoms with van der Waals surface area (Å²) >= 11 is 1.07. The van der Waals surface area contributed by atoms with Gasteiger partial charge in [0.15, 0.2) is 0 Å². The number of piperidine rings is 1. The molecule has 14 heteroatoms. The van der Waals surface area contributed by atoms with E-state index in [1.165, 1.54) is 17.5 Å². The van der Waals surface area contributed by atoms with E-state index >= 15 is 0 Å². The highest BCUT2D eigenvalue weighted by Crippen LogP contribution is 2.41. The van der Waals surface area contributed by atoms with Crippen LogP contribution in [-0.4, -0.2) is 100 Å². The van der Waals surface area contributed by atoms with Crippen LogP contribution in [0.3, 0.4) is 0 Å². The molecule has 46 heavy (non-hydrogen) atoms. The zero-order chi connectivity index (χ0) is 32.6. The number of aryl methyl sites for hydroxylation is 1. The maximum Gasteiger partial charge on any atom is 0.393 e. The Hall–Kier alpha value is -3.01. The number of rotatable bonds is 9. The normalized spacial score (nSPS) is 18.0. The SMILES string of the molecule is Cc1c(CN2CCC(Nc3ncnc4sc(CC(F)(F)F)cc34)CC2)ccc2c1cc(C#N)n2CCN1CCN(P(C)(C)=O)CC1. The third-order valence-electron chi connectivity index (χ3n) is 9.33. The first kappa shape index (κ1) is 32.9. The largest absolute Gasteiger partial charge is 0.393 e. The summed E-state index contributed by atoms with van der Waals surface area (Å²) in [5, 5.41) is 15.2. The molecule has 0 aliphatic carbocycles. The standard InChI is InChI=1S/C32H40F3N8OPS/c1-22-23(4-5-29-27(22)16-25(19-36)43(29)15-12-40-10-13-42(14-11-40)45(2,3)44)20-41-8-6-24(7-9-41)39-30-28-17-26(18-32(33,34)35)46-31(28)38-21-37-30/h4-5,16-17,21,24H,6-15,18,20H2,1-3H3,(H,37,38,39). The number of piperazine rings is 1. The molecule has 4 aromatic rings. The van der Waals surface area contributed by atoms with Crippen LogP contribution in [0.1, 0.15) is 34.5 Å². The van der Waals surface area contributed by atoms with Gasteiger partial charge in [0.1, 0.15) is 36.0 Å². The Labute approximate surface area is 271 Å². The highest BCUT2D eigenvalue weighted by Gasteiger charge is 2.30. The van der Waals surface area contributed by atoms with Crippen LogP contribution in [0.4, 0.5) is 19.0 Å². The zero-order valence-corrected chi connectivity index (χ0v) is 28.2. The van der Waals surface area contributed by atoms with E-state index in [9.17, 15) is 23.0 Å². The highest BCUT2D eigenvalue weighted by atomic mass is 32.1. The van der Waals surface area contributed by atoms with Crippen LogP contribution in [0.15, 0.2) is 30.6 Å². The number of halogens is 3. The first-order valence-corrected chi connectivity index (χ1v) is 19.1. The van der Waals surface area contributed by atoms with Gasteiger partial charge in [-0.1, -0.05) is 6.07 Å². The van der Waals surface area contributed by atoms with Gasteiger partial charge in [-0.2, -0.15) is 18.4 Å². The molecule has 0 spiro atoms. The lowest BCUT2D eigenvalue weighted by molar-refractivity contribution is -0.126. The number of hydrogen-bond donors (Lipinski definition) is 1. The predicted molar refractivity (Wildman–Crippen MR) is 178 cm³/mol. The van der Waals surface area contributed by atoms with Crippen molar-refractivity contribution >= 4 is 45.6 Å². The highest BCUT2D eigenvalue weighted by molar-refractivity contribution is 7.59. The topological polar surface area (TPSA) is 93.3 Å². The third-order valence-corrected chi connectivity index (χ3v) is 12.1. The zero-order valence-electron chi connectivity index (χ0n) is 26.5. The molecule has 1 aromatic carbocycles. The number of thiophene rings is 1. The number of benzene rings is 1. The van der Waals surface area contributed by atoms with Crippen molar-refractivity contribution in [3.63, 3.8) is 0 Å². The Kier molecular flexibility index (Phi) is 9.47. The minimum absolute atomic E-state index is 0.174. The Morgan fingerprint density at radius 2 is 1.76 bits per heavy atom. The second kappa shape index (κ2) is 13.2. The molecule has 0 unspecified atom stereocenters. The summed E-state index contributed by atoms with van der Waals surface area (Å²) in [5.41, 5.74) is 4.18. The number of likely N-dealkylation sites (tertiary alicyclic amines) is 1. The molecule has 3 aromatic heterocycles. The molecule has 0 bridgehead atoms. The second-order valence-corrected chi connectivity index (χ2v) is 17.1. The van der Waals surface area contributed by atoms with Gasteiger partial charge in [0.2, 0.25) is 0 Å². The van der Waals surface area contributed by atoms with Gasteiger partial charge < -0.3 is 14.4 Å². The summed E-state index contributed by atoms with van der Waals surface area (Å²) in [5.74, 6) is 0.599. The number of nitrogens with one attached hydrogen (secondary N) is 1. The number of fused-ring (bicyclic) bond motifs is 2. The van der Waals surface area contributed by atoms with Crippen molar-refractivity contribution in [1.82, 2.24) is 29.0 Å². The van der Waals surface area contributed by atoms with Gasteiger partial charge in [-0.05, 0) is 49.1 Å². The van der Waals surface area contributed by atoms with E-state index in [0.717, 1.165) is 94.0 Å². The molecule has 0 saturated carbocycles. The first-order valence-electron chi connectivity index (χ1n) is 15.7. The molecule has 2 aliphatic heterocycles. The monoisotopic (exact) mass is 672 g/mol. The Balaban J connectivity index is 1.06. The summed E-state index contributed by atoms with van der Waals surface area (Å²) in [6, 6.07) is 10.5. The van der Waals surface area contributed by atoms with Crippen molar-refractivity contribution in [3.05, 3.63) is 52.3 Å². The summed E-state index contributed by atoms with van der Waals surface area (Å²) < 4.78 is 55.4. The fourth-order valence-corrected chi connectivity index (χ4v) is 8.85. The van der Waals surface area contributed by atoms with Crippen LogP contribution in [0.2, 0.25) is 0 Å². The van der Waals surface area contributed by atoms with E-state index in [-0.39, 0.29) is 10.9 Å². The van der Waals surface area contributed by atoms with Crippen molar-refractivity contribution < 1.29 is 17.7 Å². The minimum atomic E-state index is -4.26. The smallest absolute Gasteiger partial charge is 0.367 e. The maximum absolute atomic E-state index is 12.9. The van der Waals surface area contributed by atoms with Crippen molar-refractivity contribution in [2.75, 3.05) is 64.5 Å². The lowest BCUT2D eigenvalue weighted by atomic mass is 10.0.